The van der Waals surface area contributed by atoms with E-state index < -0.39 is 5.97 Å². The highest BCUT2D eigenvalue weighted by Crippen LogP contribution is 2.24. The molecule has 0 aliphatic carbocycles. The standard InChI is InChI=1S/C16H23N5O3S/c1-5-8-21-10(4)19-20-16(21)25-9-12-13(14(22)24-7-3)11(6-2)17-15(23)18-12/h5,11H,1,6-9H2,2-4H3,(H2,17,18,23)/t11-/m1/s1. The van der Waals surface area contributed by atoms with Crippen molar-refractivity contribution in [3.05, 3.63) is 29.7 Å². The van der Waals surface area contributed by atoms with Crippen LogP contribution in [-0.2, 0) is 16.1 Å². The lowest BCUT2D eigenvalue weighted by atomic mass is 10.0. The third kappa shape index (κ3) is 4.41. The zero-order valence-corrected chi connectivity index (χ0v) is 15.5. The molecule has 0 unspecified atom stereocenters. The summed E-state index contributed by atoms with van der Waals surface area (Å²) >= 11 is 1.40. The highest BCUT2D eigenvalue weighted by Gasteiger charge is 2.31. The number of aryl methyl sites for hydroxylation is 1. The molecule has 2 amide bonds. The molecule has 1 aliphatic heterocycles. The first kappa shape index (κ1) is 19.0. The lowest BCUT2D eigenvalue weighted by Gasteiger charge is -2.28. The molecule has 1 aromatic heterocycles. The van der Waals surface area contributed by atoms with Gasteiger partial charge in [0, 0.05) is 18.0 Å². The molecule has 9 heteroatoms. The van der Waals surface area contributed by atoms with Crippen LogP contribution < -0.4 is 10.6 Å². The number of carbonyl (C=O) groups is 2. The summed E-state index contributed by atoms with van der Waals surface area (Å²) in [6.45, 7) is 10.1. The van der Waals surface area contributed by atoms with E-state index in [1.807, 2.05) is 18.4 Å². The largest absolute Gasteiger partial charge is 0.463 e. The van der Waals surface area contributed by atoms with Crippen molar-refractivity contribution in [3.63, 3.8) is 0 Å². The van der Waals surface area contributed by atoms with E-state index >= 15 is 0 Å². The molecule has 0 saturated carbocycles. The first-order valence-corrected chi connectivity index (χ1v) is 9.11. The minimum atomic E-state index is -0.416. The van der Waals surface area contributed by atoms with Crippen LogP contribution in [0.15, 0.2) is 29.1 Å². The van der Waals surface area contributed by atoms with Gasteiger partial charge >= 0.3 is 12.0 Å². The van der Waals surface area contributed by atoms with Crippen LogP contribution in [-0.4, -0.2) is 45.2 Å². The Morgan fingerprint density at radius 3 is 2.84 bits per heavy atom. The molecule has 1 atom stereocenters. The van der Waals surface area contributed by atoms with E-state index in [1.165, 1.54) is 11.8 Å². The number of aromatic nitrogens is 3. The van der Waals surface area contributed by atoms with E-state index in [0.29, 0.717) is 35.1 Å². The minimum absolute atomic E-state index is 0.278. The molecular formula is C16H23N5O3S. The van der Waals surface area contributed by atoms with Crippen molar-refractivity contribution in [2.24, 2.45) is 0 Å². The highest BCUT2D eigenvalue weighted by atomic mass is 32.2. The Kier molecular flexibility index (Phi) is 6.63. The molecule has 25 heavy (non-hydrogen) atoms. The van der Waals surface area contributed by atoms with Gasteiger partial charge in [0.2, 0.25) is 0 Å². The fourth-order valence-electron chi connectivity index (χ4n) is 2.52. The maximum Gasteiger partial charge on any atom is 0.337 e. The number of carbonyl (C=O) groups excluding carboxylic acids is 2. The summed E-state index contributed by atoms with van der Waals surface area (Å²) in [5, 5.41) is 14.4. The highest BCUT2D eigenvalue weighted by molar-refractivity contribution is 7.99. The second kappa shape index (κ2) is 8.70. The number of nitrogens with zero attached hydrogens (tertiary/aromatic N) is 3. The number of ether oxygens (including phenoxy) is 1. The van der Waals surface area contributed by atoms with Crippen molar-refractivity contribution in [1.29, 1.82) is 0 Å². The van der Waals surface area contributed by atoms with Gasteiger partial charge in [-0.3, -0.25) is 0 Å². The van der Waals surface area contributed by atoms with Gasteiger partial charge in [0.05, 0.1) is 18.2 Å². The monoisotopic (exact) mass is 365 g/mol. The summed E-state index contributed by atoms with van der Waals surface area (Å²) in [5.74, 6) is 0.747. The zero-order valence-electron chi connectivity index (χ0n) is 14.7. The number of hydrogen-bond donors (Lipinski definition) is 2. The van der Waals surface area contributed by atoms with Crippen LogP contribution in [0, 0.1) is 6.92 Å². The molecule has 0 spiro atoms. The maximum atomic E-state index is 12.3. The van der Waals surface area contributed by atoms with Crippen molar-refractivity contribution in [2.45, 2.75) is 44.9 Å². The van der Waals surface area contributed by atoms with E-state index in [0.717, 1.165) is 5.82 Å². The Morgan fingerprint density at radius 1 is 1.44 bits per heavy atom. The molecule has 0 aromatic carbocycles. The van der Waals surface area contributed by atoms with Crippen molar-refractivity contribution in [2.75, 3.05) is 12.4 Å². The number of urea groups is 1. The number of amides is 2. The van der Waals surface area contributed by atoms with Crippen molar-refractivity contribution in [3.8, 4) is 0 Å². The average Bonchev–Trinajstić information content (AvgIpc) is 2.93. The fraction of sp³-hybridized carbons (Fsp3) is 0.500. The summed E-state index contributed by atoms with van der Waals surface area (Å²) in [6.07, 6.45) is 2.37. The fourth-order valence-corrected chi connectivity index (χ4v) is 3.48. The molecule has 0 saturated heterocycles. The minimum Gasteiger partial charge on any atom is -0.463 e. The first-order chi connectivity index (χ1) is 12.0. The first-order valence-electron chi connectivity index (χ1n) is 8.12. The molecule has 0 fully saturated rings. The van der Waals surface area contributed by atoms with E-state index in [4.69, 9.17) is 4.74 Å². The average molecular weight is 365 g/mol. The van der Waals surface area contributed by atoms with Crippen LogP contribution in [0.4, 0.5) is 4.79 Å². The van der Waals surface area contributed by atoms with Crippen LogP contribution in [0.1, 0.15) is 26.1 Å². The third-order valence-electron chi connectivity index (χ3n) is 3.71. The normalized spacial score (nSPS) is 17.1. The van der Waals surface area contributed by atoms with Gasteiger partial charge in [-0.05, 0) is 20.3 Å². The topological polar surface area (TPSA) is 98.1 Å². The lowest BCUT2D eigenvalue weighted by molar-refractivity contribution is -0.139. The number of rotatable bonds is 8. The Bertz CT molecular complexity index is 698. The number of hydrogen-bond acceptors (Lipinski definition) is 6. The summed E-state index contributed by atoms with van der Waals surface area (Å²) < 4.78 is 7.07. The molecule has 136 valence electrons. The predicted molar refractivity (Wildman–Crippen MR) is 95.1 cm³/mol. The SMILES string of the molecule is C=CCn1c(C)nnc1SCC1=C(C(=O)OCC)[C@@H](CC)NC(=O)N1. The Labute approximate surface area is 151 Å². The number of esters is 1. The van der Waals surface area contributed by atoms with Gasteiger partial charge in [0.1, 0.15) is 5.82 Å². The van der Waals surface area contributed by atoms with Gasteiger partial charge in [-0.25, -0.2) is 9.59 Å². The van der Waals surface area contributed by atoms with Gasteiger partial charge in [-0.1, -0.05) is 24.8 Å². The van der Waals surface area contributed by atoms with Crippen molar-refractivity contribution < 1.29 is 14.3 Å². The van der Waals surface area contributed by atoms with Gasteiger partial charge in [0.25, 0.3) is 0 Å². The summed E-state index contributed by atoms with van der Waals surface area (Å²) in [4.78, 5) is 24.2. The summed E-state index contributed by atoms with van der Waals surface area (Å²) in [5.41, 5.74) is 1.01. The molecule has 2 rings (SSSR count). The smallest absolute Gasteiger partial charge is 0.337 e. The molecule has 1 aromatic rings. The van der Waals surface area contributed by atoms with E-state index in [2.05, 4.69) is 27.4 Å². The van der Waals surface area contributed by atoms with Gasteiger partial charge in [-0.15, -0.1) is 16.8 Å². The molecule has 1 aliphatic rings. The maximum absolute atomic E-state index is 12.3. The Morgan fingerprint density at radius 2 is 2.20 bits per heavy atom. The van der Waals surface area contributed by atoms with E-state index in [-0.39, 0.29) is 18.7 Å². The quantitative estimate of drug-likeness (QED) is 0.414. The van der Waals surface area contributed by atoms with Gasteiger partial charge in [-0.2, -0.15) is 0 Å². The second-order valence-corrected chi connectivity index (χ2v) is 6.33. The van der Waals surface area contributed by atoms with Crippen molar-refractivity contribution in [1.82, 2.24) is 25.4 Å². The van der Waals surface area contributed by atoms with Crippen LogP contribution >= 0.6 is 11.8 Å². The van der Waals surface area contributed by atoms with Gasteiger partial charge in [0.15, 0.2) is 5.16 Å². The van der Waals surface area contributed by atoms with Crippen LogP contribution in [0.5, 0.6) is 0 Å². The Balaban J connectivity index is 2.27. The van der Waals surface area contributed by atoms with Gasteiger partial charge < -0.3 is 19.9 Å². The van der Waals surface area contributed by atoms with Crippen LogP contribution in [0.3, 0.4) is 0 Å². The number of thioether (sulfide) groups is 1. The summed E-state index contributed by atoms with van der Waals surface area (Å²) in [7, 11) is 0. The van der Waals surface area contributed by atoms with Crippen LogP contribution in [0.25, 0.3) is 0 Å². The molecule has 0 radical (unpaired) electrons. The summed E-state index contributed by atoms with van der Waals surface area (Å²) in [6, 6.07) is -0.685. The molecule has 2 N–H and O–H groups in total. The molecule has 2 heterocycles. The molecule has 8 nitrogen and oxygen atoms in total. The molecular weight excluding hydrogens is 342 g/mol. The number of nitrogens with one attached hydrogen (secondary N) is 2. The van der Waals surface area contributed by atoms with Crippen LogP contribution in [0.2, 0.25) is 0 Å². The number of allylic oxidation sites excluding steroid dienone is 1. The zero-order chi connectivity index (χ0) is 18.4. The molecule has 0 bridgehead atoms. The van der Waals surface area contributed by atoms with E-state index in [9.17, 15) is 9.59 Å². The predicted octanol–water partition coefficient (Wildman–Crippen LogP) is 1.77. The van der Waals surface area contributed by atoms with Crippen molar-refractivity contribution >= 4 is 23.8 Å². The lowest BCUT2D eigenvalue weighted by Crippen LogP contribution is -2.50. The van der Waals surface area contributed by atoms with E-state index in [1.54, 1.807) is 13.0 Å². The second-order valence-electron chi connectivity index (χ2n) is 5.39. The Hall–Kier alpha value is -2.29. The third-order valence-corrected chi connectivity index (χ3v) is 4.70.